The molecule has 5 rings (SSSR count). The second kappa shape index (κ2) is 11.7. The van der Waals surface area contributed by atoms with Gasteiger partial charge in [0.25, 0.3) is 5.91 Å². The van der Waals surface area contributed by atoms with E-state index in [4.69, 9.17) is 5.11 Å². The number of carboxylic acid groups (broad SMARTS) is 1. The van der Waals surface area contributed by atoms with Crippen LogP contribution in [0.3, 0.4) is 0 Å². The Morgan fingerprint density at radius 2 is 1.69 bits per heavy atom. The lowest BCUT2D eigenvalue weighted by molar-refractivity contribution is -0.137. The van der Waals surface area contributed by atoms with Gasteiger partial charge in [0.05, 0.1) is 12.5 Å². The quantitative estimate of drug-likeness (QED) is 0.327. The standard InChI is InChI=1S/C32H34N4O3/c1-22-10-11-25(26-12-14-33-30(21-26)36-18-16-35(17-19-36)15-13-31(37)38)20-29(22)32(39)34-23(2)27-9-5-7-24-6-3-4-8-28(24)27/h3-12,14,20-21,23H,13,15-19H2,1-2H3,(H,34,39)(H,37,38)/t23-/m1/s1. The van der Waals surface area contributed by atoms with Gasteiger partial charge in [-0.15, -0.1) is 0 Å². The summed E-state index contributed by atoms with van der Waals surface area (Å²) in [5.41, 5.74) is 4.65. The molecule has 0 saturated carbocycles. The average Bonchev–Trinajstić information content (AvgIpc) is 2.96. The van der Waals surface area contributed by atoms with Crippen LogP contribution < -0.4 is 10.2 Å². The number of hydrogen-bond donors (Lipinski definition) is 2. The van der Waals surface area contributed by atoms with E-state index in [0.29, 0.717) is 12.1 Å². The van der Waals surface area contributed by atoms with Crippen molar-refractivity contribution in [2.45, 2.75) is 26.3 Å². The van der Waals surface area contributed by atoms with Gasteiger partial charge in [-0.05, 0) is 65.1 Å². The maximum atomic E-state index is 13.4. The third-order valence-corrected chi connectivity index (χ3v) is 7.54. The molecular weight excluding hydrogens is 488 g/mol. The molecule has 0 spiro atoms. The summed E-state index contributed by atoms with van der Waals surface area (Å²) in [6.45, 7) is 7.77. The number of carboxylic acids is 1. The Bertz CT molecular complexity index is 1490. The Morgan fingerprint density at radius 1 is 0.949 bits per heavy atom. The van der Waals surface area contributed by atoms with Crippen LogP contribution in [0.4, 0.5) is 5.82 Å². The Balaban J connectivity index is 1.31. The van der Waals surface area contributed by atoms with Crippen molar-refractivity contribution in [3.05, 3.63) is 95.7 Å². The fourth-order valence-corrected chi connectivity index (χ4v) is 5.25. The summed E-state index contributed by atoms with van der Waals surface area (Å²) in [5.74, 6) is 0.0315. The van der Waals surface area contributed by atoms with Crippen LogP contribution in [0.15, 0.2) is 79.0 Å². The summed E-state index contributed by atoms with van der Waals surface area (Å²) >= 11 is 0. The molecule has 1 fully saturated rings. The number of nitrogens with zero attached hydrogens (tertiary/aromatic N) is 3. The number of fused-ring (bicyclic) bond motifs is 1. The number of piperazine rings is 1. The molecule has 0 unspecified atom stereocenters. The number of aryl methyl sites for hydroxylation is 1. The summed E-state index contributed by atoms with van der Waals surface area (Å²) in [7, 11) is 0. The minimum atomic E-state index is -0.763. The first-order chi connectivity index (χ1) is 18.9. The summed E-state index contributed by atoms with van der Waals surface area (Å²) in [6, 6.07) is 24.3. The highest BCUT2D eigenvalue weighted by atomic mass is 16.4. The molecule has 1 amide bonds. The molecule has 0 aliphatic carbocycles. The molecule has 3 aromatic carbocycles. The predicted molar refractivity (Wildman–Crippen MR) is 155 cm³/mol. The SMILES string of the molecule is Cc1ccc(-c2ccnc(N3CCN(CCC(=O)O)CC3)c2)cc1C(=O)N[C@H](C)c1cccc2ccccc12. The van der Waals surface area contributed by atoms with E-state index in [9.17, 15) is 9.59 Å². The highest BCUT2D eigenvalue weighted by Gasteiger charge is 2.20. The molecule has 2 heterocycles. The smallest absolute Gasteiger partial charge is 0.304 e. The molecule has 1 aliphatic heterocycles. The van der Waals surface area contributed by atoms with Crippen LogP contribution >= 0.6 is 0 Å². The van der Waals surface area contributed by atoms with E-state index in [1.165, 1.54) is 0 Å². The van der Waals surface area contributed by atoms with Crippen LogP contribution in [0.25, 0.3) is 21.9 Å². The van der Waals surface area contributed by atoms with Crippen LogP contribution in [0.1, 0.15) is 40.9 Å². The van der Waals surface area contributed by atoms with E-state index < -0.39 is 5.97 Å². The van der Waals surface area contributed by atoms with Crippen molar-refractivity contribution in [1.82, 2.24) is 15.2 Å². The van der Waals surface area contributed by atoms with E-state index in [0.717, 1.165) is 65.0 Å². The fourth-order valence-electron chi connectivity index (χ4n) is 5.25. The molecule has 200 valence electrons. The second-order valence-electron chi connectivity index (χ2n) is 10.2. The van der Waals surface area contributed by atoms with Gasteiger partial charge >= 0.3 is 5.97 Å². The van der Waals surface area contributed by atoms with Crippen molar-refractivity contribution in [1.29, 1.82) is 0 Å². The molecule has 4 aromatic rings. The van der Waals surface area contributed by atoms with Crippen molar-refractivity contribution < 1.29 is 14.7 Å². The van der Waals surface area contributed by atoms with Crippen LogP contribution in [0.2, 0.25) is 0 Å². The maximum Gasteiger partial charge on any atom is 0.304 e. The Labute approximate surface area is 229 Å². The Morgan fingerprint density at radius 3 is 2.49 bits per heavy atom. The maximum absolute atomic E-state index is 13.4. The van der Waals surface area contributed by atoms with Gasteiger partial charge in [-0.3, -0.25) is 14.5 Å². The van der Waals surface area contributed by atoms with Gasteiger partial charge in [-0.2, -0.15) is 0 Å². The summed E-state index contributed by atoms with van der Waals surface area (Å²) in [6.07, 6.45) is 1.97. The van der Waals surface area contributed by atoms with Gasteiger partial charge < -0.3 is 15.3 Å². The highest BCUT2D eigenvalue weighted by Crippen LogP contribution is 2.28. The predicted octanol–water partition coefficient (Wildman–Crippen LogP) is 5.30. The lowest BCUT2D eigenvalue weighted by atomic mass is 9.97. The van der Waals surface area contributed by atoms with Crippen LogP contribution in [0.5, 0.6) is 0 Å². The first-order valence-corrected chi connectivity index (χ1v) is 13.4. The van der Waals surface area contributed by atoms with Gasteiger partial charge in [0.2, 0.25) is 0 Å². The minimum Gasteiger partial charge on any atom is -0.481 e. The molecule has 7 nitrogen and oxygen atoms in total. The number of carbonyl (C=O) groups is 2. The van der Waals surface area contributed by atoms with Crippen LogP contribution in [-0.2, 0) is 4.79 Å². The number of aliphatic carboxylic acids is 1. The van der Waals surface area contributed by atoms with Crippen molar-refractivity contribution in [3.8, 4) is 11.1 Å². The monoisotopic (exact) mass is 522 g/mol. The molecular formula is C32H34N4O3. The Kier molecular flexibility index (Phi) is 7.89. The number of amides is 1. The molecule has 0 bridgehead atoms. The molecule has 39 heavy (non-hydrogen) atoms. The van der Waals surface area contributed by atoms with E-state index in [2.05, 4.69) is 50.4 Å². The number of nitrogens with one attached hydrogen (secondary N) is 1. The van der Waals surface area contributed by atoms with E-state index in [-0.39, 0.29) is 18.4 Å². The van der Waals surface area contributed by atoms with Crippen molar-refractivity contribution in [2.24, 2.45) is 0 Å². The Hall–Kier alpha value is -4.23. The van der Waals surface area contributed by atoms with E-state index in [1.54, 1.807) is 0 Å². The number of carbonyl (C=O) groups excluding carboxylic acids is 1. The summed E-state index contributed by atoms with van der Waals surface area (Å²) < 4.78 is 0. The van der Waals surface area contributed by atoms with Gasteiger partial charge in [0, 0.05) is 44.5 Å². The van der Waals surface area contributed by atoms with Gasteiger partial charge in [0.15, 0.2) is 0 Å². The van der Waals surface area contributed by atoms with Gasteiger partial charge in [-0.25, -0.2) is 4.98 Å². The van der Waals surface area contributed by atoms with Crippen LogP contribution in [0, 0.1) is 6.92 Å². The molecule has 1 aromatic heterocycles. The number of pyridine rings is 1. The first-order valence-electron chi connectivity index (χ1n) is 13.4. The third-order valence-electron chi connectivity index (χ3n) is 7.54. The highest BCUT2D eigenvalue weighted by molar-refractivity contribution is 5.97. The zero-order valence-electron chi connectivity index (χ0n) is 22.4. The lowest BCUT2D eigenvalue weighted by Crippen LogP contribution is -2.47. The first kappa shape index (κ1) is 26.4. The molecule has 0 radical (unpaired) electrons. The molecule has 1 saturated heterocycles. The molecule has 2 N–H and O–H groups in total. The minimum absolute atomic E-state index is 0.0958. The van der Waals surface area contributed by atoms with Crippen molar-refractivity contribution in [2.75, 3.05) is 37.6 Å². The molecule has 7 heteroatoms. The second-order valence-corrected chi connectivity index (χ2v) is 10.2. The van der Waals surface area contributed by atoms with E-state index >= 15 is 0 Å². The summed E-state index contributed by atoms with van der Waals surface area (Å²) in [4.78, 5) is 33.3. The number of hydrogen-bond acceptors (Lipinski definition) is 5. The largest absolute Gasteiger partial charge is 0.481 e. The normalized spacial score (nSPS) is 14.8. The van der Waals surface area contributed by atoms with Crippen molar-refractivity contribution in [3.63, 3.8) is 0 Å². The number of anilines is 1. The zero-order chi connectivity index (χ0) is 27.4. The zero-order valence-corrected chi connectivity index (χ0v) is 22.4. The number of rotatable bonds is 8. The lowest BCUT2D eigenvalue weighted by Gasteiger charge is -2.35. The topological polar surface area (TPSA) is 85.8 Å². The molecule has 1 aliphatic rings. The van der Waals surface area contributed by atoms with Crippen molar-refractivity contribution >= 4 is 28.5 Å². The summed E-state index contributed by atoms with van der Waals surface area (Å²) in [5, 5.41) is 14.5. The molecule has 1 atom stereocenters. The van der Waals surface area contributed by atoms with Gasteiger partial charge in [0.1, 0.15) is 5.82 Å². The van der Waals surface area contributed by atoms with Crippen LogP contribution in [-0.4, -0.2) is 59.6 Å². The third kappa shape index (κ3) is 6.10. The van der Waals surface area contributed by atoms with E-state index in [1.807, 2.05) is 62.5 Å². The number of aromatic nitrogens is 1. The fraction of sp³-hybridized carbons (Fsp3) is 0.281. The number of benzene rings is 3. The average molecular weight is 523 g/mol. The van der Waals surface area contributed by atoms with Gasteiger partial charge in [-0.1, -0.05) is 54.6 Å².